The van der Waals surface area contributed by atoms with E-state index < -0.39 is 4.92 Å². The first-order valence-electron chi connectivity index (χ1n) is 5.99. The second-order valence-corrected chi connectivity index (χ2v) is 4.81. The third-order valence-electron chi connectivity index (χ3n) is 3.00. The van der Waals surface area contributed by atoms with Gasteiger partial charge in [-0.25, -0.2) is 4.99 Å². The molecule has 2 aromatic rings. The molecule has 0 spiro atoms. The van der Waals surface area contributed by atoms with E-state index in [2.05, 4.69) is 10.3 Å². The summed E-state index contributed by atoms with van der Waals surface area (Å²) in [6.45, 7) is 0. The lowest BCUT2D eigenvalue weighted by molar-refractivity contribution is -0.384. The molecule has 21 heavy (non-hydrogen) atoms. The van der Waals surface area contributed by atoms with E-state index in [1.807, 2.05) is 0 Å². The van der Waals surface area contributed by atoms with Gasteiger partial charge in [-0.3, -0.25) is 14.9 Å². The van der Waals surface area contributed by atoms with Crippen LogP contribution in [0.25, 0.3) is 0 Å². The fraction of sp³-hybridized carbons (Fsp3) is 0. The standard InChI is InChI=1S/C14H8ClN3O3/c15-8-1-6-12-11(7-8)13(14(19)17-12)16-9-2-4-10(5-3-9)18(20)21/h1-7H,(H,16,17,19). The molecule has 6 nitrogen and oxygen atoms in total. The van der Waals surface area contributed by atoms with Crippen molar-refractivity contribution in [1.29, 1.82) is 0 Å². The van der Waals surface area contributed by atoms with Gasteiger partial charge in [-0.1, -0.05) is 11.6 Å². The molecule has 1 heterocycles. The Morgan fingerprint density at radius 1 is 1.14 bits per heavy atom. The third-order valence-corrected chi connectivity index (χ3v) is 3.24. The second-order valence-electron chi connectivity index (χ2n) is 4.38. The number of aliphatic imine (C=N–C) groups is 1. The molecule has 0 saturated carbocycles. The number of carbonyl (C=O) groups excluding carboxylic acids is 1. The molecule has 1 N–H and O–H groups in total. The zero-order chi connectivity index (χ0) is 15.0. The minimum Gasteiger partial charge on any atom is -0.320 e. The number of hydrogen-bond donors (Lipinski definition) is 1. The zero-order valence-electron chi connectivity index (χ0n) is 10.5. The lowest BCUT2D eigenvalue weighted by atomic mass is 10.1. The van der Waals surface area contributed by atoms with Crippen molar-refractivity contribution in [3.05, 3.63) is 63.2 Å². The minimum absolute atomic E-state index is 0.0294. The van der Waals surface area contributed by atoms with Crippen molar-refractivity contribution in [1.82, 2.24) is 0 Å². The Kier molecular flexibility index (Phi) is 3.15. The van der Waals surface area contributed by atoms with Crippen molar-refractivity contribution in [2.75, 3.05) is 5.32 Å². The van der Waals surface area contributed by atoms with Crippen LogP contribution < -0.4 is 5.32 Å². The highest BCUT2D eigenvalue weighted by atomic mass is 35.5. The smallest absolute Gasteiger partial charge is 0.275 e. The first-order valence-corrected chi connectivity index (χ1v) is 6.37. The molecule has 0 saturated heterocycles. The van der Waals surface area contributed by atoms with Gasteiger partial charge in [-0.05, 0) is 30.3 Å². The number of nitro groups is 1. The zero-order valence-corrected chi connectivity index (χ0v) is 11.3. The van der Waals surface area contributed by atoms with Gasteiger partial charge in [0.2, 0.25) is 0 Å². The maximum Gasteiger partial charge on any atom is 0.275 e. The number of anilines is 1. The number of halogens is 1. The number of rotatable bonds is 2. The van der Waals surface area contributed by atoms with E-state index in [4.69, 9.17) is 11.6 Å². The molecule has 104 valence electrons. The molecule has 0 radical (unpaired) electrons. The second kappa shape index (κ2) is 4.99. The van der Waals surface area contributed by atoms with Crippen molar-refractivity contribution in [3.63, 3.8) is 0 Å². The fourth-order valence-corrected chi connectivity index (χ4v) is 2.19. The Morgan fingerprint density at radius 2 is 1.86 bits per heavy atom. The van der Waals surface area contributed by atoms with Crippen LogP contribution in [-0.2, 0) is 4.79 Å². The normalized spacial score (nSPS) is 14.9. The van der Waals surface area contributed by atoms with E-state index in [0.717, 1.165) is 0 Å². The van der Waals surface area contributed by atoms with Gasteiger partial charge >= 0.3 is 0 Å². The number of benzene rings is 2. The van der Waals surface area contributed by atoms with Gasteiger partial charge < -0.3 is 5.32 Å². The van der Waals surface area contributed by atoms with Gasteiger partial charge in [-0.15, -0.1) is 0 Å². The molecule has 0 aromatic heterocycles. The highest BCUT2D eigenvalue weighted by Gasteiger charge is 2.26. The number of nitrogens with one attached hydrogen (secondary N) is 1. The van der Waals surface area contributed by atoms with Crippen molar-refractivity contribution >= 4 is 40.3 Å². The van der Waals surface area contributed by atoms with Crippen LogP contribution in [0.5, 0.6) is 0 Å². The molecule has 1 aliphatic rings. The molecule has 3 rings (SSSR count). The SMILES string of the molecule is O=C1Nc2ccc(Cl)cc2C1=Nc1ccc([N+](=O)[O-])cc1. The van der Waals surface area contributed by atoms with Gasteiger partial charge in [0.15, 0.2) is 0 Å². The molecule has 2 aromatic carbocycles. The molecule has 7 heteroatoms. The van der Waals surface area contributed by atoms with Crippen LogP contribution in [0.2, 0.25) is 5.02 Å². The van der Waals surface area contributed by atoms with Gasteiger partial charge in [0.1, 0.15) is 5.71 Å². The van der Waals surface area contributed by atoms with Crippen LogP contribution in [0.1, 0.15) is 5.56 Å². The quantitative estimate of drug-likeness (QED) is 0.682. The number of nitro benzene ring substituents is 1. The van der Waals surface area contributed by atoms with E-state index in [9.17, 15) is 14.9 Å². The predicted molar refractivity (Wildman–Crippen MR) is 79.4 cm³/mol. The van der Waals surface area contributed by atoms with E-state index >= 15 is 0 Å². The molecule has 1 aliphatic heterocycles. The Morgan fingerprint density at radius 3 is 2.52 bits per heavy atom. The van der Waals surface area contributed by atoms with E-state index in [1.54, 1.807) is 18.2 Å². The molecule has 0 unspecified atom stereocenters. The fourth-order valence-electron chi connectivity index (χ4n) is 2.01. The predicted octanol–water partition coefficient (Wildman–Crippen LogP) is 3.32. The minimum atomic E-state index is -0.492. The van der Waals surface area contributed by atoms with Crippen LogP contribution in [0, 0.1) is 10.1 Å². The highest BCUT2D eigenvalue weighted by molar-refractivity contribution is 6.54. The molecular weight excluding hydrogens is 294 g/mol. The summed E-state index contributed by atoms with van der Waals surface area (Å²) in [7, 11) is 0. The molecule has 0 aliphatic carbocycles. The Balaban J connectivity index is 2.02. The maximum atomic E-state index is 11.9. The van der Waals surface area contributed by atoms with Crippen LogP contribution in [0.15, 0.2) is 47.5 Å². The summed E-state index contributed by atoms with van der Waals surface area (Å²) in [6.07, 6.45) is 0. The van der Waals surface area contributed by atoms with Crippen LogP contribution in [-0.4, -0.2) is 16.5 Å². The number of hydrogen-bond acceptors (Lipinski definition) is 4. The van der Waals surface area contributed by atoms with E-state index in [-0.39, 0.29) is 17.3 Å². The number of carbonyl (C=O) groups is 1. The van der Waals surface area contributed by atoms with Crippen molar-refractivity contribution in [3.8, 4) is 0 Å². The largest absolute Gasteiger partial charge is 0.320 e. The Bertz CT molecular complexity index is 785. The molecule has 0 fully saturated rings. The van der Waals surface area contributed by atoms with Crippen molar-refractivity contribution < 1.29 is 9.72 Å². The summed E-state index contributed by atoms with van der Waals surface area (Å²) < 4.78 is 0. The van der Waals surface area contributed by atoms with E-state index in [0.29, 0.717) is 22.0 Å². The summed E-state index contributed by atoms with van der Waals surface area (Å²) in [6, 6.07) is 10.7. The number of fused-ring (bicyclic) bond motifs is 1. The molecular formula is C14H8ClN3O3. The maximum absolute atomic E-state index is 11.9. The number of nitrogens with zero attached hydrogens (tertiary/aromatic N) is 2. The summed E-state index contributed by atoms with van der Waals surface area (Å²) in [5.41, 5.74) is 1.93. The number of amides is 1. The molecule has 1 amide bonds. The summed E-state index contributed by atoms with van der Waals surface area (Å²) in [5, 5.41) is 13.8. The van der Waals surface area contributed by atoms with Gasteiger partial charge in [-0.2, -0.15) is 0 Å². The first kappa shape index (κ1) is 13.3. The van der Waals surface area contributed by atoms with Crippen molar-refractivity contribution in [2.24, 2.45) is 4.99 Å². The van der Waals surface area contributed by atoms with Crippen LogP contribution in [0.3, 0.4) is 0 Å². The van der Waals surface area contributed by atoms with Gasteiger partial charge in [0, 0.05) is 22.7 Å². The summed E-state index contributed by atoms with van der Waals surface area (Å²) >= 11 is 5.93. The summed E-state index contributed by atoms with van der Waals surface area (Å²) in [4.78, 5) is 26.3. The monoisotopic (exact) mass is 301 g/mol. The van der Waals surface area contributed by atoms with Crippen LogP contribution >= 0.6 is 11.6 Å². The third kappa shape index (κ3) is 2.48. The number of non-ortho nitro benzene ring substituents is 1. The Hall–Kier alpha value is -2.73. The summed E-state index contributed by atoms with van der Waals surface area (Å²) in [5.74, 6) is -0.328. The van der Waals surface area contributed by atoms with Crippen LogP contribution in [0.4, 0.5) is 17.1 Å². The first-order chi connectivity index (χ1) is 10.0. The molecule has 0 atom stereocenters. The Labute approximate surface area is 124 Å². The average molecular weight is 302 g/mol. The lowest BCUT2D eigenvalue weighted by Gasteiger charge is -1.99. The van der Waals surface area contributed by atoms with Gasteiger partial charge in [0.05, 0.1) is 16.3 Å². The molecule has 0 bridgehead atoms. The highest BCUT2D eigenvalue weighted by Crippen LogP contribution is 2.28. The lowest BCUT2D eigenvalue weighted by Crippen LogP contribution is -2.13. The van der Waals surface area contributed by atoms with Crippen molar-refractivity contribution in [2.45, 2.75) is 0 Å². The average Bonchev–Trinajstić information content (AvgIpc) is 2.76. The van der Waals surface area contributed by atoms with Gasteiger partial charge in [0.25, 0.3) is 11.6 Å². The topological polar surface area (TPSA) is 84.6 Å². The van der Waals surface area contributed by atoms with E-state index in [1.165, 1.54) is 24.3 Å².